The Hall–Kier alpha value is -0.580. The normalized spacial score (nSPS) is 14.4. The van der Waals surface area contributed by atoms with Crippen LogP contribution in [0.5, 0.6) is 5.75 Å². The minimum Gasteiger partial charge on any atom is -0.494 e. The third-order valence-corrected chi connectivity index (χ3v) is 3.80. The van der Waals surface area contributed by atoms with Crippen molar-refractivity contribution in [2.75, 3.05) is 19.8 Å². The first kappa shape index (κ1) is 16.5. The molecule has 0 aliphatic heterocycles. The van der Waals surface area contributed by atoms with Crippen LogP contribution in [-0.4, -0.2) is 24.9 Å². The predicted molar refractivity (Wildman–Crippen MR) is 82.3 cm³/mol. The average Bonchev–Trinajstić information content (AvgIpc) is 2.37. The summed E-state index contributed by atoms with van der Waals surface area (Å²) in [5.41, 5.74) is 5.63. The topological polar surface area (TPSA) is 55.5 Å². The SMILES string of the molecule is CC(C)CC(CN)(CO)CCOc1cccc(Br)c1. The van der Waals surface area contributed by atoms with Crippen molar-refractivity contribution in [3.05, 3.63) is 28.7 Å². The van der Waals surface area contributed by atoms with Crippen molar-refractivity contribution >= 4 is 15.9 Å². The maximum absolute atomic E-state index is 9.62. The van der Waals surface area contributed by atoms with Crippen LogP contribution >= 0.6 is 15.9 Å². The molecule has 0 spiro atoms. The highest BCUT2D eigenvalue weighted by atomic mass is 79.9. The number of nitrogens with two attached hydrogens (primary N) is 1. The molecule has 4 heteroatoms. The Morgan fingerprint density at radius 2 is 2.16 bits per heavy atom. The zero-order chi connectivity index (χ0) is 14.3. The Labute approximate surface area is 124 Å². The van der Waals surface area contributed by atoms with Crippen molar-refractivity contribution < 1.29 is 9.84 Å². The van der Waals surface area contributed by atoms with Gasteiger partial charge in [0.25, 0.3) is 0 Å². The van der Waals surface area contributed by atoms with Crippen molar-refractivity contribution in [2.45, 2.75) is 26.7 Å². The summed E-state index contributed by atoms with van der Waals surface area (Å²) in [6.07, 6.45) is 1.69. The van der Waals surface area contributed by atoms with E-state index in [9.17, 15) is 5.11 Å². The molecule has 0 radical (unpaired) electrons. The van der Waals surface area contributed by atoms with Gasteiger partial charge in [0.05, 0.1) is 13.2 Å². The van der Waals surface area contributed by atoms with E-state index in [1.165, 1.54) is 0 Å². The Balaban J connectivity index is 2.52. The van der Waals surface area contributed by atoms with Crippen molar-refractivity contribution in [1.29, 1.82) is 0 Å². The highest BCUT2D eigenvalue weighted by Crippen LogP contribution is 2.29. The molecule has 3 nitrogen and oxygen atoms in total. The maximum atomic E-state index is 9.62. The lowest BCUT2D eigenvalue weighted by atomic mass is 9.78. The standard InChI is InChI=1S/C15H24BrNO2/c1-12(2)9-15(10-17,11-18)6-7-19-14-5-3-4-13(16)8-14/h3-5,8,12,18H,6-7,9-11,17H2,1-2H3. The zero-order valence-corrected chi connectivity index (χ0v) is 13.3. The molecule has 19 heavy (non-hydrogen) atoms. The second-order valence-corrected chi connectivity index (χ2v) is 6.43. The molecule has 0 aromatic heterocycles. The van der Waals surface area contributed by atoms with Crippen LogP contribution in [0.25, 0.3) is 0 Å². The number of aliphatic hydroxyl groups is 1. The molecule has 1 rings (SSSR count). The highest BCUT2D eigenvalue weighted by molar-refractivity contribution is 9.10. The lowest BCUT2D eigenvalue weighted by Crippen LogP contribution is -2.37. The Bertz CT molecular complexity index is 378. The maximum Gasteiger partial charge on any atom is 0.120 e. The van der Waals surface area contributed by atoms with E-state index < -0.39 is 0 Å². The molecule has 0 saturated carbocycles. The van der Waals surface area contributed by atoms with Crippen LogP contribution in [0.3, 0.4) is 0 Å². The quantitative estimate of drug-likeness (QED) is 0.770. The summed E-state index contributed by atoms with van der Waals surface area (Å²) in [7, 11) is 0. The van der Waals surface area contributed by atoms with Gasteiger partial charge in [0.1, 0.15) is 5.75 Å². The van der Waals surface area contributed by atoms with Crippen molar-refractivity contribution in [3.8, 4) is 5.75 Å². The number of halogens is 1. The average molecular weight is 330 g/mol. The van der Waals surface area contributed by atoms with E-state index in [1.54, 1.807) is 0 Å². The first-order valence-corrected chi connectivity index (χ1v) is 7.50. The molecule has 108 valence electrons. The summed E-state index contributed by atoms with van der Waals surface area (Å²) in [6.45, 7) is 5.47. The van der Waals surface area contributed by atoms with Crippen molar-refractivity contribution in [1.82, 2.24) is 0 Å². The van der Waals surface area contributed by atoms with E-state index in [1.807, 2.05) is 24.3 Å². The fraction of sp³-hybridized carbons (Fsp3) is 0.600. The van der Waals surface area contributed by atoms with Crippen LogP contribution in [-0.2, 0) is 0 Å². The minimum absolute atomic E-state index is 0.115. The van der Waals surface area contributed by atoms with Crippen molar-refractivity contribution in [2.24, 2.45) is 17.1 Å². The second kappa shape index (κ2) is 7.88. The van der Waals surface area contributed by atoms with Crippen LogP contribution in [0.2, 0.25) is 0 Å². The van der Waals surface area contributed by atoms with Crippen molar-refractivity contribution in [3.63, 3.8) is 0 Å². The summed E-state index contributed by atoms with van der Waals surface area (Å²) >= 11 is 3.41. The summed E-state index contributed by atoms with van der Waals surface area (Å²) < 4.78 is 6.73. The first-order valence-electron chi connectivity index (χ1n) is 6.70. The summed E-state index contributed by atoms with van der Waals surface area (Å²) in [5, 5.41) is 9.62. The molecule has 0 heterocycles. The van der Waals surface area contributed by atoms with E-state index in [0.29, 0.717) is 19.1 Å². The molecule has 3 N–H and O–H groups in total. The van der Waals surface area contributed by atoms with Crippen LogP contribution in [0, 0.1) is 11.3 Å². The minimum atomic E-state index is -0.222. The largest absolute Gasteiger partial charge is 0.494 e. The summed E-state index contributed by atoms with van der Waals surface area (Å²) in [4.78, 5) is 0. The molecular weight excluding hydrogens is 306 g/mol. The van der Waals surface area contributed by atoms with Gasteiger partial charge in [-0.3, -0.25) is 0 Å². The lowest BCUT2D eigenvalue weighted by Gasteiger charge is -2.32. The van der Waals surface area contributed by atoms with Gasteiger partial charge in [-0.05, 0) is 37.0 Å². The fourth-order valence-electron chi connectivity index (χ4n) is 2.30. The van der Waals surface area contributed by atoms with Crippen LogP contribution < -0.4 is 10.5 Å². The van der Waals surface area contributed by atoms with Gasteiger partial charge in [0.15, 0.2) is 0 Å². The summed E-state index contributed by atoms with van der Waals surface area (Å²) in [5.74, 6) is 1.35. The van der Waals surface area contributed by atoms with E-state index in [0.717, 1.165) is 23.1 Å². The second-order valence-electron chi connectivity index (χ2n) is 5.52. The van der Waals surface area contributed by atoms with Gasteiger partial charge in [-0.2, -0.15) is 0 Å². The lowest BCUT2D eigenvalue weighted by molar-refractivity contribution is 0.0816. The third kappa shape index (κ3) is 5.51. The number of ether oxygens (including phenoxy) is 1. The number of hydrogen-bond donors (Lipinski definition) is 2. The molecule has 1 atom stereocenters. The van der Waals surface area contributed by atoms with Gasteiger partial charge >= 0.3 is 0 Å². The van der Waals surface area contributed by atoms with E-state index in [2.05, 4.69) is 29.8 Å². The molecule has 0 bridgehead atoms. The van der Waals surface area contributed by atoms with Crippen LogP contribution in [0.1, 0.15) is 26.7 Å². The van der Waals surface area contributed by atoms with E-state index in [4.69, 9.17) is 10.5 Å². The smallest absolute Gasteiger partial charge is 0.120 e. The van der Waals surface area contributed by atoms with E-state index >= 15 is 0 Å². The van der Waals surface area contributed by atoms with Gasteiger partial charge < -0.3 is 15.6 Å². The molecule has 0 saturated heterocycles. The van der Waals surface area contributed by atoms with Crippen LogP contribution in [0.15, 0.2) is 28.7 Å². The molecule has 1 aromatic carbocycles. The Morgan fingerprint density at radius 3 is 2.68 bits per heavy atom. The zero-order valence-electron chi connectivity index (χ0n) is 11.7. The molecule has 0 fully saturated rings. The number of benzene rings is 1. The molecule has 0 amide bonds. The molecular formula is C15H24BrNO2. The van der Waals surface area contributed by atoms with Gasteiger partial charge in [0, 0.05) is 16.4 Å². The number of rotatable bonds is 8. The molecule has 1 unspecified atom stereocenters. The molecule has 0 aliphatic carbocycles. The Morgan fingerprint density at radius 1 is 1.42 bits per heavy atom. The highest BCUT2D eigenvalue weighted by Gasteiger charge is 2.28. The molecule has 0 aliphatic rings. The van der Waals surface area contributed by atoms with Gasteiger partial charge in [-0.25, -0.2) is 0 Å². The predicted octanol–water partition coefficient (Wildman–Crippen LogP) is 3.20. The summed E-state index contributed by atoms with van der Waals surface area (Å²) in [6, 6.07) is 7.76. The number of hydrogen-bond acceptors (Lipinski definition) is 3. The Kier molecular flexibility index (Phi) is 6.83. The van der Waals surface area contributed by atoms with E-state index in [-0.39, 0.29) is 12.0 Å². The van der Waals surface area contributed by atoms with Gasteiger partial charge in [-0.1, -0.05) is 35.8 Å². The first-order chi connectivity index (χ1) is 9.01. The van der Waals surface area contributed by atoms with Gasteiger partial charge in [-0.15, -0.1) is 0 Å². The fourth-order valence-corrected chi connectivity index (χ4v) is 2.68. The molecule has 1 aromatic rings. The number of aliphatic hydroxyl groups excluding tert-OH is 1. The van der Waals surface area contributed by atoms with Gasteiger partial charge in [0.2, 0.25) is 0 Å². The third-order valence-electron chi connectivity index (χ3n) is 3.31. The van der Waals surface area contributed by atoms with Crippen LogP contribution in [0.4, 0.5) is 0 Å². The monoisotopic (exact) mass is 329 g/mol.